The summed E-state index contributed by atoms with van der Waals surface area (Å²) in [6.45, 7) is 0. The van der Waals surface area contributed by atoms with Crippen molar-refractivity contribution in [3.05, 3.63) is 42.4 Å². The zero-order chi connectivity index (χ0) is 14.5. The molecule has 6 heteroatoms. The van der Waals surface area contributed by atoms with Gasteiger partial charge < -0.3 is 14.4 Å². The third-order valence-electron chi connectivity index (χ3n) is 2.80. The van der Waals surface area contributed by atoms with Crippen LogP contribution in [0.5, 0.6) is 5.75 Å². The van der Waals surface area contributed by atoms with Gasteiger partial charge in [-0.25, -0.2) is 9.78 Å². The molecule has 0 radical (unpaired) electrons. The van der Waals surface area contributed by atoms with Crippen LogP contribution < -0.4 is 9.64 Å². The number of methoxy groups -OCH3 is 2. The van der Waals surface area contributed by atoms with Gasteiger partial charge in [0, 0.05) is 18.8 Å². The van der Waals surface area contributed by atoms with E-state index in [0.29, 0.717) is 5.82 Å². The van der Waals surface area contributed by atoms with Crippen LogP contribution in [0.3, 0.4) is 0 Å². The average Bonchev–Trinajstić information content (AvgIpc) is 2.53. The maximum Gasteiger partial charge on any atom is 0.358 e. The molecular weight excluding hydrogens is 258 g/mol. The summed E-state index contributed by atoms with van der Waals surface area (Å²) in [7, 11) is 4.75. The molecule has 20 heavy (non-hydrogen) atoms. The summed E-state index contributed by atoms with van der Waals surface area (Å²) in [6, 6.07) is 7.51. The van der Waals surface area contributed by atoms with E-state index >= 15 is 0 Å². The molecular formula is C14H15N3O3. The summed E-state index contributed by atoms with van der Waals surface area (Å²) in [6.07, 6.45) is 2.95. The van der Waals surface area contributed by atoms with Crippen LogP contribution in [0.2, 0.25) is 0 Å². The van der Waals surface area contributed by atoms with Crippen LogP contribution in [-0.2, 0) is 4.74 Å². The molecule has 0 saturated carbocycles. The van der Waals surface area contributed by atoms with Crippen molar-refractivity contribution in [2.24, 2.45) is 0 Å². The number of rotatable bonds is 4. The second kappa shape index (κ2) is 6.01. The van der Waals surface area contributed by atoms with Gasteiger partial charge in [-0.05, 0) is 12.1 Å². The summed E-state index contributed by atoms with van der Waals surface area (Å²) >= 11 is 0. The molecule has 1 heterocycles. The Kier molecular flexibility index (Phi) is 4.14. The minimum atomic E-state index is -0.515. The fourth-order valence-electron chi connectivity index (χ4n) is 1.67. The lowest BCUT2D eigenvalue weighted by Gasteiger charge is -2.18. The lowest BCUT2D eigenvalue weighted by molar-refractivity contribution is 0.0593. The molecule has 0 aliphatic heterocycles. The van der Waals surface area contributed by atoms with Crippen molar-refractivity contribution in [3.63, 3.8) is 0 Å². The van der Waals surface area contributed by atoms with Gasteiger partial charge in [-0.2, -0.15) is 0 Å². The fraction of sp³-hybridized carbons (Fsp3) is 0.214. The molecule has 0 bridgehead atoms. The van der Waals surface area contributed by atoms with Crippen molar-refractivity contribution in [1.29, 1.82) is 0 Å². The molecule has 0 aliphatic carbocycles. The second-order valence-corrected chi connectivity index (χ2v) is 4.01. The van der Waals surface area contributed by atoms with Crippen LogP contribution in [0, 0.1) is 0 Å². The summed E-state index contributed by atoms with van der Waals surface area (Å²) in [5.74, 6) is 0.769. The summed E-state index contributed by atoms with van der Waals surface area (Å²) < 4.78 is 9.82. The van der Waals surface area contributed by atoms with E-state index in [-0.39, 0.29) is 5.69 Å². The Bertz CT molecular complexity index is 616. The molecule has 1 aromatic carbocycles. The number of nitrogens with zero attached hydrogens (tertiary/aromatic N) is 3. The Morgan fingerprint density at radius 2 is 2.05 bits per heavy atom. The molecule has 0 atom stereocenters. The lowest BCUT2D eigenvalue weighted by atomic mass is 10.3. The van der Waals surface area contributed by atoms with Crippen LogP contribution in [0.1, 0.15) is 10.5 Å². The normalized spacial score (nSPS) is 9.95. The minimum absolute atomic E-state index is 0.166. The van der Waals surface area contributed by atoms with Crippen LogP contribution >= 0.6 is 0 Å². The van der Waals surface area contributed by atoms with Crippen molar-refractivity contribution in [2.75, 3.05) is 26.2 Å². The quantitative estimate of drug-likeness (QED) is 0.794. The Balaban J connectivity index is 2.32. The highest BCUT2D eigenvalue weighted by Gasteiger charge is 2.12. The molecule has 2 aromatic rings. The smallest absolute Gasteiger partial charge is 0.358 e. The number of hydrogen-bond acceptors (Lipinski definition) is 6. The average molecular weight is 273 g/mol. The molecule has 104 valence electrons. The highest BCUT2D eigenvalue weighted by molar-refractivity contribution is 5.87. The molecule has 0 spiro atoms. The molecule has 6 nitrogen and oxygen atoms in total. The monoisotopic (exact) mass is 273 g/mol. The Labute approximate surface area is 117 Å². The summed E-state index contributed by atoms with van der Waals surface area (Å²) in [5, 5.41) is 0. The maximum atomic E-state index is 11.5. The largest absolute Gasteiger partial charge is 0.497 e. The van der Waals surface area contributed by atoms with Gasteiger partial charge in [0.05, 0.1) is 26.6 Å². The van der Waals surface area contributed by atoms with Gasteiger partial charge in [0.2, 0.25) is 0 Å². The van der Waals surface area contributed by atoms with E-state index in [1.165, 1.54) is 13.3 Å². The number of benzene rings is 1. The number of carbonyl (C=O) groups excluding carboxylic acids is 1. The van der Waals surface area contributed by atoms with Gasteiger partial charge in [0.25, 0.3) is 0 Å². The number of hydrogen-bond donors (Lipinski definition) is 0. The van der Waals surface area contributed by atoms with E-state index in [0.717, 1.165) is 11.4 Å². The van der Waals surface area contributed by atoms with E-state index < -0.39 is 5.97 Å². The van der Waals surface area contributed by atoms with Crippen molar-refractivity contribution in [2.45, 2.75) is 0 Å². The first-order valence-electron chi connectivity index (χ1n) is 5.94. The Hall–Kier alpha value is -2.63. The van der Waals surface area contributed by atoms with Gasteiger partial charge in [-0.1, -0.05) is 6.07 Å². The predicted octanol–water partition coefficient (Wildman–Crippen LogP) is 2.04. The van der Waals surface area contributed by atoms with Gasteiger partial charge >= 0.3 is 5.97 Å². The molecule has 0 amide bonds. The molecule has 2 rings (SSSR count). The first-order valence-corrected chi connectivity index (χ1v) is 5.94. The number of anilines is 2. The van der Waals surface area contributed by atoms with Crippen LogP contribution in [0.4, 0.5) is 11.5 Å². The number of ether oxygens (including phenoxy) is 2. The topological polar surface area (TPSA) is 64.5 Å². The van der Waals surface area contributed by atoms with Gasteiger partial charge in [-0.15, -0.1) is 0 Å². The van der Waals surface area contributed by atoms with Crippen LogP contribution in [-0.4, -0.2) is 37.2 Å². The van der Waals surface area contributed by atoms with E-state index in [4.69, 9.17) is 4.74 Å². The van der Waals surface area contributed by atoms with Crippen molar-refractivity contribution >= 4 is 17.5 Å². The molecule has 0 N–H and O–H groups in total. The highest BCUT2D eigenvalue weighted by Crippen LogP contribution is 2.25. The first kappa shape index (κ1) is 13.8. The zero-order valence-electron chi connectivity index (χ0n) is 11.5. The molecule has 0 saturated heterocycles. The third kappa shape index (κ3) is 2.85. The van der Waals surface area contributed by atoms with Gasteiger partial charge in [0.15, 0.2) is 11.5 Å². The van der Waals surface area contributed by atoms with Crippen LogP contribution in [0.25, 0.3) is 0 Å². The second-order valence-electron chi connectivity index (χ2n) is 4.01. The first-order chi connectivity index (χ1) is 9.65. The van der Waals surface area contributed by atoms with Crippen molar-refractivity contribution < 1.29 is 14.3 Å². The van der Waals surface area contributed by atoms with Gasteiger partial charge in [0.1, 0.15) is 5.75 Å². The van der Waals surface area contributed by atoms with E-state index in [1.807, 2.05) is 36.2 Å². The molecule has 1 aromatic heterocycles. The maximum absolute atomic E-state index is 11.5. The fourth-order valence-corrected chi connectivity index (χ4v) is 1.67. The van der Waals surface area contributed by atoms with Gasteiger partial charge in [-0.3, -0.25) is 4.98 Å². The van der Waals surface area contributed by atoms with Crippen molar-refractivity contribution in [1.82, 2.24) is 9.97 Å². The minimum Gasteiger partial charge on any atom is -0.497 e. The van der Waals surface area contributed by atoms with Crippen LogP contribution in [0.15, 0.2) is 36.7 Å². The molecule has 0 aliphatic rings. The standard InChI is InChI=1S/C14H15N3O3/c1-17(10-5-4-6-11(7-10)19-2)13-9-15-8-12(16-13)14(18)20-3/h4-9H,1-3H3. The third-order valence-corrected chi connectivity index (χ3v) is 2.80. The zero-order valence-corrected chi connectivity index (χ0v) is 11.5. The SMILES string of the molecule is COC(=O)c1cncc(N(C)c2cccc(OC)c2)n1. The van der Waals surface area contributed by atoms with E-state index in [9.17, 15) is 4.79 Å². The number of carbonyl (C=O) groups is 1. The highest BCUT2D eigenvalue weighted by atomic mass is 16.5. The number of esters is 1. The van der Waals surface area contributed by atoms with E-state index in [1.54, 1.807) is 13.3 Å². The number of aromatic nitrogens is 2. The molecule has 0 fully saturated rings. The summed E-state index contributed by atoms with van der Waals surface area (Å²) in [4.78, 5) is 21.5. The predicted molar refractivity (Wildman–Crippen MR) is 74.4 cm³/mol. The van der Waals surface area contributed by atoms with Crippen molar-refractivity contribution in [3.8, 4) is 5.75 Å². The lowest BCUT2D eigenvalue weighted by Crippen LogP contribution is -2.14. The Morgan fingerprint density at radius 1 is 1.25 bits per heavy atom. The van der Waals surface area contributed by atoms with E-state index in [2.05, 4.69) is 14.7 Å². The summed E-state index contributed by atoms with van der Waals surface area (Å²) in [5.41, 5.74) is 1.04. The Morgan fingerprint density at radius 3 is 2.75 bits per heavy atom. The molecule has 0 unspecified atom stereocenters.